The SMILES string of the molecule is CC1CN(c2nc(CC(O)c3ccccc3)cs2)CC1C. The number of aliphatic hydroxyl groups is 1. The van der Waals surface area contributed by atoms with Gasteiger partial charge in [0.2, 0.25) is 0 Å². The number of thiazole rings is 1. The van der Waals surface area contributed by atoms with Gasteiger partial charge >= 0.3 is 0 Å². The summed E-state index contributed by atoms with van der Waals surface area (Å²) in [5, 5.41) is 13.5. The fourth-order valence-electron chi connectivity index (χ4n) is 2.81. The Balaban J connectivity index is 1.66. The van der Waals surface area contributed by atoms with Crippen molar-refractivity contribution in [2.45, 2.75) is 26.4 Å². The van der Waals surface area contributed by atoms with Crippen LogP contribution >= 0.6 is 11.3 Å². The molecule has 0 spiro atoms. The van der Waals surface area contributed by atoms with E-state index in [1.54, 1.807) is 11.3 Å². The van der Waals surface area contributed by atoms with Gasteiger partial charge in [0.1, 0.15) is 0 Å². The number of hydrogen-bond donors (Lipinski definition) is 1. The third-order valence-corrected chi connectivity index (χ3v) is 5.34. The van der Waals surface area contributed by atoms with Crippen LogP contribution in [0.2, 0.25) is 0 Å². The summed E-state index contributed by atoms with van der Waals surface area (Å²) in [5.41, 5.74) is 1.94. The lowest BCUT2D eigenvalue weighted by atomic mass is 10.0. The van der Waals surface area contributed by atoms with Crippen LogP contribution in [-0.2, 0) is 6.42 Å². The van der Waals surface area contributed by atoms with Gasteiger partial charge in [0.15, 0.2) is 5.13 Å². The maximum atomic E-state index is 10.3. The lowest BCUT2D eigenvalue weighted by Crippen LogP contribution is -2.19. The van der Waals surface area contributed by atoms with Crippen LogP contribution in [0.4, 0.5) is 5.13 Å². The molecule has 2 aromatic rings. The van der Waals surface area contributed by atoms with Crippen molar-refractivity contribution < 1.29 is 5.11 Å². The van der Waals surface area contributed by atoms with Gasteiger partial charge in [0.25, 0.3) is 0 Å². The average molecular weight is 302 g/mol. The average Bonchev–Trinajstić information content (AvgIpc) is 3.07. The quantitative estimate of drug-likeness (QED) is 0.939. The van der Waals surface area contributed by atoms with Gasteiger partial charge in [-0.25, -0.2) is 4.98 Å². The Bertz CT molecular complexity index is 573. The Kier molecular flexibility index (Phi) is 4.27. The van der Waals surface area contributed by atoms with Gasteiger partial charge in [-0.3, -0.25) is 0 Å². The number of aromatic nitrogens is 1. The summed E-state index contributed by atoms with van der Waals surface area (Å²) in [4.78, 5) is 7.08. The minimum Gasteiger partial charge on any atom is -0.388 e. The second-order valence-electron chi connectivity index (χ2n) is 6.11. The van der Waals surface area contributed by atoms with E-state index in [0.29, 0.717) is 6.42 Å². The molecule has 1 aliphatic heterocycles. The number of benzene rings is 1. The lowest BCUT2D eigenvalue weighted by molar-refractivity contribution is 0.177. The van der Waals surface area contributed by atoms with Crippen molar-refractivity contribution in [3.05, 3.63) is 47.0 Å². The highest BCUT2D eigenvalue weighted by Crippen LogP contribution is 2.31. The zero-order chi connectivity index (χ0) is 14.8. The van der Waals surface area contributed by atoms with Crippen LogP contribution in [0, 0.1) is 11.8 Å². The fourth-order valence-corrected chi connectivity index (χ4v) is 3.67. The first kappa shape index (κ1) is 14.5. The Morgan fingerprint density at radius 3 is 2.57 bits per heavy atom. The normalized spacial score (nSPS) is 23.5. The molecule has 0 bridgehead atoms. The fraction of sp³-hybridized carbons (Fsp3) is 0.471. The molecule has 112 valence electrons. The van der Waals surface area contributed by atoms with Crippen LogP contribution < -0.4 is 4.90 Å². The first-order chi connectivity index (χ1) is 10.1. The van der Waals surface area contributed by atoms with Crippen molar-refractivity contribution in [2.24, 2.45) is 11.8 Å². The first-order valence-electron chi connectivity index (χ1n) is 7.56. The summed E-state index contributed by atoms with van der Waals surface area (Å²) < 4.78 is 0. The number of nitrogens with zero attached hydrogens (tertiary/aromatic N) is 2. The molecule has 1 aromatic heterocycles. The third kappa shape index (κ3) is 3.27. The summed E-state index contributed by atoms with van der Waals surface area (Å²) >= 11 is 1.69. The highest BCUT2D eigenvalue weighted by molar-refractivity contribution is 7.13. The van der Waals surface area contributed by atoms with E-state index in [0.717, 1.165) is 41.3 Å². The van der Waals surface area contributed by atoms with E-state index >= 15 is 0 Å². The molecule has 1 fully saturated rings. The number of rotatable bonds is 4. The van der Waals surface area contributed by atoms with Crippen molar-refractivity contribution in [3.63, 3.8) is 0 Å². The van der Waals surface area contributed by atoms with E-state index in [1.807, 2.05) is 30.3 Å². The molecule has 3 rings (SSSR count). The van der Waals surface area contributed by atoms with Crippen LogP contribution in [0.15, 0.2) is 35.7 Å². The first-order valence-corrected chi connectivity index (χ1v) is 8.44. The van der Waals surface area contributed by atoms with Crippen LogP contribution in [-0.4, -0.2) is 23.2 Å². The molecule has 1 N–H and O–H groups in total. The van der Waals surface area contributed by atoms with Crippen molar-refractivity contribution in [2.75, 3.05) is 18.0 Å². The largest absolute Gasteiger partial charge is 0.388 e. The summed E-state index contributed by atoms with van der Waals surface area (Å²) in [7, 11) is 0. The molecule has 1 aliphatic rings. The standard InChI is InChI=1S/C17H22N2OS/c1-12-9-19(10-13(12)2)17-18-15(11-21-17)8-16(20)14-6-4-3-5-7-14/h3-7,11-13,16,20H,8-10H2,1-2H3. The number of aliphatic hydroxyl groups excluding tert-OH is 1. The molecule has 3 atom stereocenters. The van der Waals surface area contributed by atoms with E-state index in [4.69, 9.17) is 4.98 Å². The van der Waals surface area contributed by atoms with Crippen LogP contribution in [0.5, 0.6) is 0 Å². The Labute approximate surface area is 130 Å². The maximum absolute atomic E-state index is 10.3. The lowest BCUT2D eigenvalue weighted by Gasteiger charge is -2.14. The molecule has 0 aliphatic carbocycles. The van der Waals surface area contributed by atoms with Gasteiger partial charge in [0, 0.05) is 24.9 Å². The monoisotopic (exact) mass is 302 g/mol. The molecule has 1 saturated heterocycles. The molecule has 3 nitrogen and oxygen atoms in total. The van der Waals surface area contributed by atoms with Crippen molar-refractivity contribution >= 4 is 16.5 Å². The van der Waals surface area contributed by atoms with Crippen LogP contribution in [0.3, 0.4) is 0 Å². The van der Waals surface area contributed by atoms with Gasteiger partial charge in [-0.05, 0) is 17.4 Å². The van der Waals surface area contributed by atoms with Crippen molar-refractivity contribution in [3.8, 4) is 0 Å². The molecule has 0 amide bonds. The van der Waals surface area contributed by atoms with Crippen LogP contribution in [0.25, 0.3) is 0 Å². The Hall–Kier alpha value is -1.39. The van der Waals surface area contributed by atoms with E-state index in [9.17, 15) is 5.11 Å². The summed E-state index contributed by atoms with van der Waals surface area (Å²) in [6.07, 6.45) is 0.108. The highest BCUT2D eigenvalue weighted by Gasteiger charge is 2.27. The van der Waals surface area contributed by atoms with E-state index < -0.39 is 6.10 Å². The molecule has 3 unspecified atom stereocenters. The topological polar surface area (TPSA) is 36.4 Å². The third-order valence-electron chi connectivity index (χ3n) is 4.39. The van der Waals surface area contributed by atoms with Gasteiger partial charge in [0.05, 0.1) is 11.8 Å². The van der Waals surface area contributed by atoms with E-state index in [-0.39, 0.29) is 0 Å². The molecule has 2 heterocycles. The van der Waals surface area contributed by atoms with Crippen LogP contribution in [0.1, 0.15) is 31.2 Å². The molecular formula is C17H22N2OS. The van der Waals surface area contributed by atoms with E-state index in [1.165, 1.54) is 0 Å². The zero-order valence-corrected chi connectivity index (χ0v) is 13.4. The van der Waals surface area contributed by atoms with Gasteiger partial charge in [-0.1, -0.05) is 44.2 Å². The zero-order valence-electron chi connectivity index (χ0n) is 12.6. The second-order valence-corrected chi connectivity index (χ2v) is 6.95. The van der Waals surface area contributed by atoms with E-state index in [2.05, 4.69) is 24.1 Å². The van der Waals surface area contributed by atoms with Gasteiger partial charge in [-0.15, -0.1) is 11.3 Å². The predicted octanol–water partition coefficient (Wildman–Crippen LogP) is 3.51. The Morgan fingerprint density at radius 1 is 1.24 bits per heavy atom. The minimum absolute atomic E-state index is 0.474. The van der Waals surface area contributed by atoms with Crippen molar-refractivity contribution in [1.82, 2.24) is 4.98 Å². The molecule has 21 heavy (non-hydrogen) atoms. The molecular weight excluding hydrogens is 280 g/mol. The summed E-state index contributed by atoms with van der Waals surface area (Å²) in [6.45, 7) is 6.79. The Morgan fingerprint density at radius 2 is 1.90 bits per heavy atom. The number of hydrogen-bond acceptors (Lipinski definition) is 4. The molecule has 1 aromatic carbocycles. The molecule has 4 heteroatoms. The van der Waals surface area contributed by atoms with Crippen molar-refractivity contribution in [1.29, 1.82) is 0 Å². The maximum Gasteiger partial charge on any atom is 0.185 e. The number of anilines is 1. The molecule has 0 saturated carbocycles. The second kappa shape index (κ2) is 6.16. The highest BCUT2D eigenvalue weighted by atomic mass is 32.1. The summed E-state index contributed by atoms with van der Waals surface area (Å²) in [5.74, 6) is 1.46. The predicted molar refractivity (Wildman–Crippen MR) is 87.8 cm³/mol. The van der Waals surface area contributed by atoms with Gasteiger partial charge in [-0.2, -0.15) is 0 Å². The van der Waals surface area contributed by atoms with Gasteiger partial charge < -0.3 is 10.0 Å². The molecule has 0 radical (unpaired) electrons. The smallest absolute Gasteiger partial charge is 0.185 e. The minimum atomic E-state index is -0.474. The summed E-state index contributed by atoms with van der Waals surface area (Å²) in [6, 6.07) is 9.80.